The van der Waals surface area contributed by atoms with E-state index in [1.807, 2.05) is 20.8 Å². The van der Waals surface area contributed by atoms with Crippen LogP contribution in [0.3, 0.4) is 0 Å². The van der Waals surface area contributed by atoms with Crippen molar-refractivity contribution >= 4 is 11.7 Å². The molecule has 1 amide bonds. The standard InChI is InChI=1S/C10H21N3O2/c1-6(2)8(4)13(5)10(14)7(3)9(11)12-15/h6-8,15H,1-5H3,(H2,11,12). The van der Waals surface area contributed by atoms with Crippen LogP contribution in [0, 0.1) is 11.8 Å². The molecule has 0 aromatic heterocycles. The molecule has 2 atom stereocenters. The van der Waals surface area contributed by atoms with Crippen LogP contribution in [0.15, 0.2) is 5.16 Å². The molecule has 0 heterocycles. The van der Waals surface area contributed by atoms with Gasteiger partial charge in [0.2, 0.25) is 5.91 Å². The van der Waals surface area contributed by atoms with Crippen molar-refractivity contribution in [3.8, 4) is 0 Å². The van der Waals surface area contributed by atoms with Crippen LogP contribution in [-0.2, 0) is 4.79 Å². The highest BCUT2D eigenvalue weighted by molar-refractivity contribution is 6.01. The summed E-state index contributed by atoms with van der Waals surface area (Å²) >= 11 is 0. The van der Waals surface area contributed by atoms with Crippen LogP contribution < -0.4 is 5.73 Å². The van der Waals surface area contributed by atoms with E-state index in [2.05, 4.69) is 5.16 Å². The van der Waals surface area contributed by atoms with Crippen LogP contribution >= 0.6 is 0 Å². The van der Waals surface area contributed by atoms with Gasteiger partial charge in [-0.15, -0.1) is 0 Å². The van der Waals surface area contributed by atoms with Gasteiger partial charge < -0.3 is 15.8 Å². The first kappa shape index (κ1) is 13.7. The van der Waals surface area contributed by atoms with Gasteiger partial charge in [0.05, 0.1) is 5.92 Å². The number of carbonyl (C=O) groups is 1. The van der Waals surface area contributed by atoms with Crippen molar-refractivity contribution < 1.29 is 10.0 Å². The minimum absolute atomic E-state index is 0.0530. The Bertz CT molecular complexity index is 251. The number of hydrogen-bond acceptors (Lipinski definition) is 3. The quantitative estimate of drug-likeness (QED) is 0.316. The van der Waals surface area contributed by atoms with Gasteiger partial charge in [-0.1, -0.05) is 19.0 Å². The lowest BCUT2D eigenvalue weighted by atomic mass is 10.0. The summed E-state index contributed by atoms with van der Waals surface area (Å²) in [5.74, 6) is -0.394. The van der Waals surface area contributed by atoms with Crippen LogP contribution in [0.2, 0.25) is 0 Å². The van der Waals surface area contributed by atoms with Gasteiger partial charge in [0.25, 0.3) is 0 Å². The van der Waals surface area contributed by atoms with E-state index in [4.69, 9.17) is 10.9 Å². The molecule has 0 rings (SSSR count). The summed E-state index contributed by atoms with van der Waals surface area (Å²) in [5.41, 5.74) is 5.38. The van der Waals surface area contributed by atoms with Crippen molar-refractivity contribution in [3.63, 3.8) is 0 Å². The average molecular weight is 215 g/mol. The van der Waals surface area contributed by atoms with Gasteiger partial charge >= 0.3 is 0 Å². The maximum absolute atomic E-state index is 11.8. The molecule has 0 aromatic rings. The minimum atomic E-state index is -0.582. The Morgan fingerprint density at radius 1 is 1.33 bits per heavy atom. The molecule has 15 heavy (non-hydrogen) atoms. The molecule has 0 aromatic carbocycles. The molecule has 3 N–H and O–H groups in total. The zero-order chi connectivity index (χ0) is 12.2. The summed E-state index contributed by atoms with van der Waals surface area (Å²) in [7, 11) is 1.73. The fourth-order valence-electron chi connectivity index (χ4n) is 1.17. The summed E-state index contributed by atoms with van der Waals surface area (Å²) in [6.07, 6.45) is 0. The predicted octanol–water partition coefficient (Wildman–Crippen LogP) is 0.872. The van der Waals surface area contributed by atoms with Crippen LogP contribution in [0.25, 0.3) is 0 Å². The van der Waals surface area contributed by atoms with Crippen molar-refractivity contribution in [1.82, 2.24) is 4.90 Å². The first-order valence-electron chi connectivity index (χ1n) is 5.07. The van der Waals surface area contributed by atoms with E-state index in [1.165, 1.54) is 0 Å². The molecule has 0 aliphatic carbocycles. The first-order valence-corrected chi connectivity index (χ1v) is 5.07. The molecule has 0 spiro atoms. The summed E-state index contributed by atoms with van der Waals surface area (Å²) < 4.78 is 0. The molecule has 5 nitrogen and oxygen atoms in total. The van der Waals surface area contributed by atoms with Gasteiger partial charge in [0.1, 0.15) is 0 Å². The number of hydrogen-bond donors (Lipinski definition) is 2. The lowest BCUT2D eigenvalue weighted by molar-refractivity contribution is -0.134. The lowest BCUT2D eigenvalue weighted by Gasteiger charge is -2.29. The fourth-order valence-corrected chi connectivity index (χ4v) is 1.17. The van der Waals surface area contributed by atoms with Gasteiger partial charge in [0.15, 0.2) is 5.84 Å². The number of amides is 1. The molecule has 88 valence electrons. The van der Waals surface area contributed by atoms with Crippen LogP contribution in [0.5, 0.6) is 0 Å². The third-order valence-electron chi connectivity index (χ3n) is 2.85. The number of oxime groups is 1. The van der Waals surface area contributed by atoms with Crippen molar-refractivity contribution in [2.24, 2.45) is 22.7 Å². The van der Waals surface area contributed by atoms with Crippen LogP contribution in [0.4, 0.5) is 0 Å². The van der Waals surface area contributed by atoms with Crippen LogP contribution in [-0.4, -0.2) is 34.9 Å². The third-order valence-corrected chi connectivity index (χ3v) is 2.85. The van der Waals surface area contributed by atoms with Crippen molar-refractivity contribution in [3.05, 3.63) is 0 Å². The Morgan fingerprint density at radius 3 is 2.13 bits per heavy atom. The second-order valence-electron chi connectivity index (χ2n) is 4.18. The topological polar surface area (TPSA) is 78.9 Å². The fraction of sp³-hybridized carbons (Fsp3) is 0.800. The van der Waals surface area contributed by atoms with Gasteiger partial charge in [0, 0.05) is 13.1 Å². The number of rotatable bonds is 4. The highest BCUT2D eigenvalue weighted by Gasteiger charge is 2.25. The van der Waals surface area contributed by atoms with E-state index in [0.29, 0.717) is 5.92 Å². The highest BCUT2D eigenvalue weighted by atomic mass is 16.4. The summed E-state index contributed by atoms with van der Waals surface area (Å²) in [5, 5.41) is 11.3. The largest absolute Gasteiger partial charge is 0.409 e. The maximum atomic E-state index is 11.8. The molecule has 0 aliphatic heterocycles. The Hall–Kier alpha value is -1.26. The van der Waals surface area contributed by atoms with Crippen molar-refractivity contribution in [2.45, 2.75) is 33.7 Å². The summed E-state index contributed by atoms with van der Waals surface area (Å²) in [4.78, 5) is 13.5. The molecular weight excluding hydrogens is 194 g/mol. The Morgan fingerprint density at radius 2 is 1.80 bits per heavy atom. The summed E-state index contributed by atoms with van der Waals surface area (Å²) in [6.45, 7) is 7.69. The normalized spacial score (nSPS) is 16.3. The zero-order valence-electron chi connectivity index (χ0n) is 10.1. The number of nitrogens with two attached hydrogens (primary N) is 1. The second-order valence-corrected chi connectivity index (χ2v) is 4.18. The highest BCUT2D eigenvalue weighted by Crippen LogP contribution is 2.11. The molecule has 5 heteroatoms. The molecule has 0 fully saturated rings. The molecule has 0 saturated carbocycles. The Balaban J connectivity index is 4.58. The van der Waals surface area contributed by atoms with Gasteiger partial charge in [-0.2, -0.15) is 0 Å². The third kappa shape index (κ3) is 3.42. The Kier molecular flexibility index (Phi) is 5.11. The van der Waals surface area contributed by atoms with Crippen molar-refractivity contribution in [2.75, 3.05) is 7.05 Å². The SMILES string of the molecule is CC(C(=O)N(C)C(C)C(C)C)C(N)=NO. The predicted molar refractivity (Wildman–Crippen MR) is 59.6 cm³/mol. The number of carbonyl (C=O) groups excluding carboxylic acids is 1. The maximum Gasteiger partial charge on any atom is 0.233 e. The molecular formula is C10H21N3O2. The van der Waals surface area contributed by atoms with E-state index < -0.39 is 5.92 Å². The average Bonchev–Trinajstić information content (AvgIpc) is 2.23. The van der Waals surface area contributed by atoms with Gasteiger partial charge in [-0.3, -0.25) is 4.79 Å². The smallest absolute Gasteiger partial charge is 0.233 e. The lowest BCUT2D eigenvalue weighted by Crippen LogP contribution is -2.44. The Labute approximate surface area is 90.9 Å². The van der Waals surface area contributed by atoms with E-state index in [-0.39, 0.29) is 17.8 Å². The molecule has 0 saturated heterocycles. The second kappa shape index (κ2) is 5.58. The number of amidine groups is 1. The first-order chi connectivity index (χ1) is 6.82. The van der Waals surface area contributed by atoms with Crippen molar-refractivity contribution in [1.29, 1.82) is 0 Å². The molecule has 2 unspecified atom stereocenters. The van der Waals surface area contributed by atoms with Gasteiger partial charge in [-0.05, 0) is 19.8 Å². The zero-order valence-corrected chi connectivity index (χ0v) is 10.1. The minimum Gasteiger partial charge on any atom is -0.409 e. The van der Waals surface area contributed by atoms with Gasteiger partial charge in [-0.25, -0.2) is 0 Å². The van der Waals surface area contributed by atoms with Crippen LogP contribution in [0.1, 0.15) is 27.7 Å². The number of nitrogens with zero attached hydrogens (tertiary/aromatic N) is 2. The molecule has 0 radical (unpaired) electrons. The molecule has 0 aliphatic rings. The molecule has 0 bridgehead atoms. The van der Waals surface area contributed by atoms with E-state index in [1.54, 1.807) is 18.9 Å². The van der Waals surface area contributed by atoms with E-state index in [9.17, 15) is 4.79 Å². The van der Waals surface area contributed by atoms with E-state index in [0.717, 1.165) is 0 Å². The monoisotopic (exact) mass is 215 g/mol. The summed E-state index contributed by atoms with van der Waals surface area (Å²) in [6, 6.07) is 0.131. The van der Waals surface area contributed by atoms with E-state index >= 15 is 0 Å².